The zero-order chi connectivity index (χ0) is 20.5. The van der Waals surface area contributed by atoms with Gasteiger partial charge >= 0.3 is 0 Å². The minimum Gasteiger partial charge on any atom is -0.353 e. The second-order valence-electron chi connectivity index (χ2n) is 7.38. The molecule has 3 heterocycles. The molecule has 0 unspecified atom stereocenters. The Bertz CT molecular complexity index is 922. The number of hydrogen-bond donors (Lipinski definition) is 1. The first-order chi connectivity index (χ1) is 13.9. The number of nitrogens with zero attached hydrogens (tertiary/aromatic N) is 4. The Morgan fingerprint density at radius 2 is 2.07 bits per heavy atom. The van der Waals surface area contributed by atoms with Gasteiger partial charge < -0.3 is 15.5 Å². The second kappa shape index (κ2) is 9.49. The summed E-state index contributed by atoms with van der Waals surface area (Å²) in [5, 5.41) is 0.428. The van der Waals surface area contributed by atoms with Gasteiger partial charge in [-0.2, -0.15) is 0 Å². The van der Waals surface area contributed by atoms with E-state index in [9.17, 15) is 9.18 Å². The maximum Gasteiger partial charge on any atom is 0.239 e. The van der Waals surface area contributed by atoms with Crippen molar-refractivity contribution in [1.29, 1.82) is 0 Å². The van der Waals surface area contributed by atoms with E-state index in [1.165, 1.54) is 17.7 Å². The smallest absolute Gasteiger partial charge is 0.239 e. The number of aromatic nitrogens is 2. The first kappa shape index (κ1) is 22.8. The molecule has 30 heavy (non-hydrogen) atoms. The molecule has 0 bridgehead atoms. The van der Waals surface area contributed by atoms with Crippen molar-refractivity contribution in [2.45, 2.75) is 37.8 Å². The highest BCUT2D eigenvalue weighted by Crippen LogP contribution is 2.44. The Morgan fingerprint density at radius 3 is 2.77 bits per heavy atom. The van der Waals surface area contributed by atoms with Gasteiger partial charge in [0.2, 0.25) is 5.91 Å². The molecule has 1 aromatic carbocycles. The molecular formula is C21H27ClFN5OS. The van der Waals surface area contributed by atoms with Crippen molar-refractivity contribution in [2.75, 3.05) is 31.1 Å². The van der Waals surface area contributed by atoms with E-state index in [1.54, 1.807) is 17.3 Å². The van der Waals surface area contributed by atoms with E-state index in [0.717, 1.165) is 22.8 Å². The minimum absolute atomic E-state index is 0. The molecule has 2 aliphatic heterocycles. The molecule has 0 aliphatic carbocycles. The maximum absolute atomic E-state index is 13.3. The van der Waals surface area contributed by atoms with Crippen LogP contribution in [-0.4, -0.2) is 53.0 Å². The van der Waals surface area contributed by atoms with E-state index in [-0.39, 0.29) is 18.4 Å². The summed E-state index contributed by atoms with van der Waals surface area (Å²) >= 11 is 7.69. The van der Waals surface area contributed by atoms with Crippen molar-refractivity contribution >= 4 is 35.1 Å². The Kier molecular flexibility index (Phi) is 7.21. The third kappa shape index (κ3) is 4.55. The number of benzene rings is 1. The summed E-state index contributed by atoms with van der Waals surface area (Å²) in [4.78, 5) is 25.8. The normalized spacial score (nSPS) is 19.3. The van der Waals surface area contributed by atoms with Gasteiger partial charge in [-0.1, -0.05) is 25.1 Å². The third-order valence-electron chi connectivity index (χ3n) is 5.47. The quantitative estimate of drug-likeness (QED) is 0.767. The van der Waals surface area contributed by atoms with Gasteiger partial charge in [0.05, 0.1) is 16.8 Å². The van der Waals surface area contributed by atoms with E-state index < -0.39 is 11.9 Å². The topological polar surface area (TPSA) is 75.4 Å². The molecular weight excluding hydrogens is 425 g/mol. The van der Waals surface area contributed by atoms with E-state index >= 15 is 0 Å². The summed E-state index contributed by atoms with van der Waals surface area (Å²) in [6, 6.07) is 3.76. The fourth-order valence-electron chi connectivity index (χ4n) is 3.87. The van der Waals surface area contributed by atoms with Crippen LogP contribution in [-0.2, 0) is 17.0 Å². The second-order valence-corrected chi connectivity index (χ2v) is 9.12. The molecule has 0 saturated carbocycles. The Morgan fingerprint density at radius 1 is 1.33 bits per heavy atom. The van der Waals surface area contributed by atoms with Crippen LogP contribution in [0.1, 0.15) is 36.4 Å². The van der Waals surface area contributed by atoms with Crippen LogP contribution in [0.4, 0.5) is 10.2 Å². The van der Waals surface area contributed by atoms with E-state index in [4.69, 9.17) is 17.3 Å². The number of anilines is 1. The number of thioether (sulfide) groups is 1. The summed E-state index contributed by atoms with van der Waals surface area (Å²) in [7, 11) is 0. The van der Waals surface area contributed by atoms with Crippen LogP contribution < -0.4 is 10.6 Å². The molecule has 162 valence electrons. The van der Waals surface area contributed by atoms with Crippen molar-refractivity contribution in [1.82, 2.24) is 14.9 Å². The van der Waals surface area contributed by atoms with Crippen molar-refractivity contribution in [3.05, 3.63) is 52.2 Å². The lowest BCUT2D eigenvalue weighted by Gasteiger charge is -2.37. The molecule has 2 aromatic rings. The van der Waals surface area contributed by atoms with Crippen LogP contribution in [0.2, 0.25) is 5.02 Å². The van der Waals surface area contributed by atoms with Crippen LogP contribution in [0.5, 0.6) is 0 Å². The number of rotatable bonds is 4. The molecule has 0 spiro atoms. The lowest BCUT2D eigenvalue weighted by Crippen LogP contribution is -2.54. The van der Waals surface area contributed by atoms with Crippen molar-refractivity contribution < 1.29 is 9.18 Å². The number of piperazine rings is 1. The molecule has 1 fully saturated rings. The number of fused-ring (bicyclic) bond motifs is 1. The average molecular weight is 452 g/mol. The average Bonchev–Trinajstić information content (AvgIpc) is 3.11. The Balaban J connectivity index is 0.00000256. The molecule has 2 aliphatic rings. The van der Waals surface area contributed by atoms with E-state index in [2.05, 4.69) is 21.8 Å². The molecule has 2 N–H and O–H groups in total. The summed E-state index contributed by atoms with van der Waals surface area (Å²) < 4.78 is 13.3. The first-order valence-corrected chi connectivity index (χ1v) is 11.1. The lowest BCUT2D eigenvalue weighted by atomic mass is 10.0. The highest BCUT2D eigenvalue weighted by molar-refractivity contribution is 7.99. The zero-order valence-electron chi connectivity index (χ0n) is 16.1. The predicted octanol–water partition coefficient (Wildman–Crippen LogP) is 3.43. The number of carbonyl (C=O) groups excluding carboxylic acids is 1. The summed E-state index contributed by atoms with van der Waals surface area (Å²) in [6.07, 6.45) is 1.96. The van der Waals surface area contributed by atoms with Crippen LogP contribution >= 0.6 is 23.4 Å². The Hall–Kier alpha value is -1.90. The van der Waals surface area contributed by atoms with Crippen LogP contribution in [0, 0.1) is 5.82 Å². The van der Waals surface area contributed by atoms with Crippen molar-refractivity contribution in [3.8, 4) is 0 Å². The van der Waals surface area contributed by atoms with Crippen LogP contribution in [0.3, 0.4) is 0 Å². The van der Waals surface area contributed by atoms with Gasteiger partial charge in [-0.25, -0.2) is 14.4 Å². The summed E-state index contributed by atoms with van der Waals surface area (Å²) in [6.45, 7) is 4.79. The third-order valence-corrected chi connectivity index (χ3v) is 6.94. The van der Waals surface area contributed by atoms with Crippen LogP contribution in [0.25, 0.3) is 0 Å². The SMILES string of the molecule is C.C[C@@H]1SCc2ncnc(N3CCN(C(=O)[C@H](N)Cc4ccc(F)c(Cl)c4)CC3)c21. The predicted molar refractivity (Wildman–Crippen MR) is 120 cm³/mol. The highest BCUT2D eigenvalue weighted by Gasteiger charge is 2.30. The van der Waals surface area contributed by atoms with Crippen LogP contribution in [0.15, 0.2) is 24.5 Å². The van der Waals surface area contributed by atoms with Crippen molar-refractivity contribution in [2.24, 2.45) is 5.73 Å². The molecule has 0 radical (unpaired) electrons. The molecule has 1 amide bonds. The van der Waals surface area contributed by atoms with Gasteiger partial charge in [0, 0.05) is 42.7 Å². The van der Waals surface area contributed by atoms with E-state index in [1.807, 2.05) is 11.8 Å². The molecule has 9 heteroatoms. The molecule has 4 rings (SSSR count). The van der Waals surface area contributed by atoms with Gasteiger partial charge in [0.25, 0.3) is 0 Å². The number of hydrogen-bond acceptors (Lipinski definition) is 6. The number of halogens is 2. The number of amides is 1. The van der Waals surface area contributed by atoms with Gasteiger partial charge in [0.1, 0.15) is 18.0 Å². The molecule has 1 aromatic heterocycles. The van der Waals surface area contributed by atoms with Gasteiger partial charge in [-0.05, 0) is 31.0 Å². The standard InChI is InChI=1S/C20H23ClFN5OS.CH4/c1-12-18-17(10-29-12)24-11-25-19(18)26-4-6-27(7-5-26)20(28)16(23)9-13-2-3-15(22)14(21)8-13;/h2-3,8,11-12,16H,4-7,9-10,23H2,1H3;1H4/t12-,16+;/m0./s1. The fourth-order valence-corrected chi connectivity index (χ4v) is 5.12. The minimum atomic E-state index is -0.678. The van der Waals surface area contributed by atoms with Gasteiger partial charge in [-0.3, -0.25) is 4.79 Å². The number of nitrogens with two attached hydrogens (primary N) is 1. The van der Waals surface area contributed by atoms with Gasteiger partial charge in [-0.15, -0.1) is 11.8 Å². The Labute approximate surface area is 186 Å². The summed E-state index contributed by atoms with van der Waals surface area (Å²) in [5.41, 5.74) is 9.23. The lowest BCUT2D eigenvalue weighted by molar-refractivity contribution is -0.132. The number of carbonyl (C=O) groups is 1. The molecule has 2 atom stereocenters. The largest absolute Gasteiger partial charge is 0.353 e. The molecule has 1 saturated heterocycles. The van der Waals surface area contributed by atoms with Crippen molar-refractivity contribution in [3.63, 3.8) is 0 Å². The van der Waals surface area contributed by atoms with E-state index in [0.29, 0.717) is 37.8 Å². The fraction of sp³-hybridized carbons (Fsp3) is 0.476. The monoisotopic (exact) mass is 451 g/mol. The summed E-state index contributed by atoms with van der Waals surface area (Å²) in [5.74, 6) is 1.34. The van der Waals surface area contributed by atoms with Gasteiger partial charge in [0.15, 0.2) is 0 Å². The zero-order valence-corrected chi connectivity index (χ0v) is 17.7. The highest BCUT2D eigenvalue weighted by atomic mass is 35.5. The maximum atomic E-state index is 13.3. The first-order valence-electron chi connectivity index (χ1n) is 9.62. The molecule has 6 nitrogen and oxygen atoms in total.